The quantitative estimate of drug-likeness (QED) is 0.577. The SMILES string of the molecule is Cc1nc2nc(C(F)(F)F)nn2c(C)c1CCC(=O)NCCc1cc(Cl)c2c(c1)OCCO2. The van der Waals surface area contributed by atoms with Crippen LogP contribution in [-0.4, -0.2) is 45.2 Å². The molecule has 0 spiro atoms. The van der Waals surface area contributed by atoms with E-state index in [9.17, 15) is 18.0 Å². The molecule has 3 aromatic rings. The highest BCUT2D eigenvalue weighted by Gasteiger charge is 2.37. The Bertz CT molecular complexity index is 1210. The van der Waals surface area contributed by atoms with Gasteiger partial charge in [0.1, 0.15) is 13.2 Å². The second-order valence-electron chi connectivity index (χ2n) is 7.61. The number of fused-ring (bicyclic) bond motifs is 2. The van der Waals surface area contributed by atoms with Gasteiger partial charge in [-0.2, -0.15) is 18.2 Å². The van der Waals surface area contributed by atoms with Crippen LogP contribution < -0.4 is 14.8 Å². The molecule has 1 amide bonds. The average molecular weight is 484 g/mol. The van der Waals surface area contributed by atoms with Gasteiger partial charge in [-0.25, -0.2) is 9.50 Å². The van der Waals surface area contributed by atoms with Gasteiger partial charge in [0.15, 0.2) is 11.5 Å². The minimum absolute atomic E-state index is 0.122. The lowest BCUT2D eigenvalue weighted by molar-refractivity contribution is -0.144. The number of amides is 1. The van der Waals surface area contributed by atoms with Gasteiger partial charge in [0.05, 0.1) is 5.02 Å². The first-order chi connectivity index (χ1) is 15.6. The normalized spacial score (nSPS) is 13.4. The van der Waals surface area contributed by atoms with E-state index in [0.29, 0.717) is 66.1 Å². The second-order valence-corrected chi connectivity index (χ2v) is 8.02. The smallest absolute Gasteiger partial charge is 0.453 e. The number of halogens is 4. The number of aryl methyl sites for hydroxylation is 2. The highest BCUT2D eigenvalue weighted by molar-refractivity contribution is 6.32. The Hall–Kier alpha value is -3.08. The lowest BCUT2D eigenvalue weighted by atomic mass is 10.1. The summed E-state index contributed by atoms with van der Waals surface area (Å²) >= 11 is 6.23. The van der Waals surface area contributed by atoms with Crippen LogP contribution in [0.4, 0.5) is 13.2 Å². The van der Waals surface area contributed by atoms with Crippen molar-refractivity contribution in [2.45, 2.75) is 39.3 Å². The largest absolute Gasteiger partial charge is 0.486 e. The van der Waals surface area contributed by atoms with Crippen LogP contribution in [0, 0.1) is 13.8 Å². The van der Waals surface area contributed by atoms with Gasteiger partial charge in [-0.05, 0) is 49.9 Å². The molecule has 1 aromatic carbocycles. The van der Waals surface area contributed by atoms with Gasteiger partial charge in [0.2, 0.25) is 5.91 Å². The Morgan fingerprint density at radius 1 is 1.18 bits per heavy atom. The summed E-state index contributed by atoms with van der Waals surface area (Å²) in [5.41, 5.74) is 2.55. The third kappa shape index (κ3) is 4.97. The van der Waals surface area contributed by atoms with Gasteiger partial charge in [0.25, 0.3) is 11.6 Å². The average Bonchev–Trinajstić information content (AvgIpc) is 3.18. The Morgan fingerprint density at radius 3 is 2.70 bits per heavy atom. The number of nitrogens with zero attached hydrogens (tertiary/aromatic N) is 4. The van der Waals surface area contributed by atoms with Gasteiger partial charge in [0, 0.05) is 24.4 Å². The minimum atomic E-state index is -4.66. The number of alkyl halides is 3. The van der Waals surface area contributed by atoms with Gasteiger partial charge < -0.3 is 14.8 Å². The topological polar surface area (TPSA) is 90.6 Å². The number of hydrogen-bond acceptors (Lipinski definition) is 6. The Morgan fingerprint density at radius 2 is 1.94 bits per heavy atom. The molecule has 0 unspecified atom stereocenters. The summed E-state index contributed by atoms with van der Waals surface area (Å²) in [6, 6.07) is 3.62. The molecule has 0 saturated heterocycles. The minimum Gasteiger partial charge on any atom is -0.486 e. The van der Waals surface area contributed by atoms with E-state index in [-0.39, 0.29) is 18.1 Å². The first-order valence-corrected chi connectivity index (χ1v) is 10.7. The van der Waals surface area contributed by atoms with Crippen molar-refractivity contribution in [2.75, 3.05) is 19.8 Å². The molecule has 0 fully saturated rings. The maximum atomic E-state index is 12.9. The van der Waals surface area contributed by atoms with Crippen molar-refractivity contribution in [1.29, 1.82) is 0 Å². The Balaban J connectivity index is 1.36. The van der Waals surface area contributed by atoms with E-state index in [1.165, 1.54) is 0 Å². The number of aromatic nitrogens is 4. The number of rotatable bonds is 6. The van der Waals surface area contributed by atoms with Crippen LogP contribution in [0.25, 0.3) is 5.78 Å². The molecule has 0 aliphatic carbocycles. The zero-order valence-corrected chi connectivity index (χ0v) is 18.7. The van der Waals surface area contributed by atoms with Crippen molar-refractivity contribution < 1.29 is 27.4 Å². The Kier molecular flexibility index (Phi) is 6.33. The standard InChI is InChI=1S/C21H21ClF3N5O3/c1-11-14(12(2)30-20(27-11)28-19(29-30)21(23,24)25)3-4-17(31)26-6-5-13-9-15(22)18-16(10-13)32-7-8-33-18/h9-10H,3-8H2,1-2H3,(H,26,31). The van der Waals surface area contributed by atoms with Gasteiger partial charge in [-0.3, -0.25) is 4.79 Å². The van der Waals surface area contributed by atoms with E-state index >= 15 is 0 Å². The second kappa shape index (κ2) is 9.05. The van der Waals surface area contributed by atoms with Crippen LogP contribution in [0.15, 0.2) is 12.1 Å². The summed E-state index contributed by atoms with van der Waals surface area (Å²) in [7, 11) is 0. The summed E-state index contributed by atoms with van der Waals surface area (Å²) in [5, 5.41) is 6.83. The number of carbonyl (C=O) groups is 1. The molecular weight excluding hydrogens is 463 g/mol. The van der Waals surface area contributed by atoms with E-state index < -0.39 is 12.0 Å². The van der Waals surface area contributed by atoms with Crippen LogP contribution in [0.5, 0.6) is 11.5 Å². The molecule has 1 aliphatic heterocycles. The van der Waals surface area contributed by atoms with Crippen LogP contribution in [0.3, 0.4) is 0 Å². The maximum Gasteiger partial charge on any atom is 0.453 e. The van der Waals surface area contributed by atoms with Crippen molar-refractivity contribution >= 4 is 23.3 Å². The number of hydrogen-bond donors (Lipinski definition) is 1. The van der Waals surface area contributed by atoms with E-state index in [4.69, 9.17) is 21.1 Å². The third-order valence-electron chi connectivity index (χ3n) is 5.30. The summed E-state index contributed by atoms with van der Waals surface area (Å²) in [6.07, 6.45) is -3.65. The molecule has 3 heterocycles. The van der Waals surface area contributed by atoms with E-state index in [2.05, 4.69) is 20.4 Å². The number of ether oxygens (including phenoxy) is 2. The monoisotopic (exact) mass is 483 g/mol. The van der Waals surface area contributed by atoms with E-state index in [1.54, 1.807) is 19.9 Å². The molecule has 0 atom stereocenters. The van der Waals surface area contributed by atoms with Crippen LogP contribution in [0.1, 0.15) is 34.8 Å². The number of benzene rings is 1. The highest BCUT2D eigenvalue weighted by Crippen LogP contribution is 2.38. The van der Waals surface area contributed by atoms with E-state index in [1.807, 2.05) is 6.07 Å². The van der Waals surface area contributed by atoms with Crippen LogP contribution in [0.2, 0.25) is 5.02 Å². The summed E-state index contributed by atoms with van der Waals surface area (Å²) in [5.74, 6) is -0.435. The molecule has 0 saturated carbocycles. The fourth-order valence-corrected chi connectivity index (χ4v) is 3.96. The number of carbonyl (C=O) groups excluding carboxylic acids is 1. The predicted octanol–water partition coefficient (Wildman–Crippen LogP) is 3.48. The maximum absolute atomic E-state index is 12.9. The van der Waals surface area contributed by atoms with Gasteiger partial charge in [-0.15, -0.1) is 5.10 Å². The van der Waals surface area contributed by atoms with Gasteiger partial charge in [-0.1, -0.05) is 11.6 Å². The highest BCUT2D eigenvalue weighted by atomic mass is 35.5. The Labute approximate surface area is 192 Å². The van der Waals surface area contributed by atoms with Gasteiger partial charge >= 0.3 is 6.18 Å². The predicted molar refractivity (Wildman–Crippen MR) is 113 cm³/mol. The summed E-state index contributed by atoms with van der Waals surface area (Å²) in [6.45, 7) is 4.60. The van der Waals surface area contributed by atoms with Crippen molar-refractivity contribution in [3.8, 4) is 11.5 Å². The molecule has 0 radical (unpaired) electrons. The first-order valence-electron chi connectivity index (χ1n) is 10.3. The van der Waals surface area contributed by atoms with Crippen molar-refractivity contribution in [1.82, 2.24) is 24.9 Å². The zero-order valence-electron chi connectivity index (χ0n) is 17.9. The molecule has 1 N–H and O–H groups in total. The van der Waals surface area contributed by atoms with Crippen molar-refractivity contribution in [2.24, 2.45) is 0 Å². The molecule has 176 valence electrons. The number of nitrogens with one attached hydrogen (secondary N) is 1. The first kappa shape index (κ1) is 23.1. The molecule has 1 aliphatic rings. The molecular formula is C21H21ClF3N5O3. The van der Waals surface area contributed by atoms with Crippen molar-refractivity contribution in [3.05, 3.63) is 45.5 Å². The fourth-order valence-electron chi connectivity index (χ4n) is 3.67. The molecule has 2 aromatic heterocycles. The van der Waals surface area contributed by atoms with E-state index in [0.717, 1.165) is 10.1 Å². The molecule has 12 heteroatoms. The van der Waals surface area contributed by atoms with Crippen molar-refractivity contribution in [3.63, 3.8) is 0 Å². The molecule has 0 bridgehead atoms. The van der Waals surface area contributed by atoms with Crippen LogP contribution in [-0.2, 0) is 23.8 Å². The molecule has 8 nitrogen and oxygen atoms in total. The molecule has 33 heavy (non-hydrogen) atoms. The molecule has 4 rings (SSSR count). The zero-order chi connectivity index (χ0) is 23.8. The summed E-state index contributed by atoms with van der Waals surface area (Å²) in [4.78, 5) is 19.9. The fraction of sp³-hybridized carbons (Fsp3) is 0.429. The lowest BCUT2D eigenvalue weighted by Gasteiger charge is -2.20. The third-order valence-corrected chi connectivity index (χ3v) is 5.58. The summed E-state index contributed by atoms with van der Waals surface area (Å²) < 4.78 is 50.9. The van der Waals surface area contributed by atoms with Crippen LogP contribution >= 0.6 is 11.6 Å². The lowest BCUT2D eigenvalue weighted by Crippen LogP contribution is -2.26.